The monoisotopic (exact) mass is 404 g/mol. The zero-order chi connectivity index (χ0) is 18.6. The van der Waals surface area contributed by atoms with Crippen LogP contribution in [0.2, 0.25) is 10.0 Å². The lowest BCUT2D eigenvalue weighted by molar-refractivity contribution is -0.718. The Morgan fingerprint density at radius 1 is 1.00 bits per heavy atom. The highest BCUT2D eigenvalue weighted by Gasteiger charge is 2.54. The van der Waals surface area contributed by atoms with Gasteiger partial charge in [0.05, 0.1) is 6.04 Å². The number of hydrogen-bond donors (Lipinski definition) is 1. The molecule has 4 heteroatoms. The van der Waals surface area contributed by atoms with E-state index in [1.165, 1.54) is 38.5 Å². The van der Waals surface area contributed by atoms with Crippen LogP contribution in [0.3, 0.4) is 0 Å². The zero-order valence-electron chi connectivity index (χ0n) is 15.9. The standard InChI is InChI=1S/C23H27Cl2NO/c1-14(23-10-15-4-16(11-23)6-17(5-15)12-23)26-13-21-2-3-22(27-21)18-7-19(24)9-20(25)8-18/h2-3,7-9,14-17,26H,4-6,10-13H2,1H3/p+1/t14-,15?,16?,17?,23?/m1/s1. The lowest BCUT2D eigenvalue weighted by atomic mass is 9.48. The highest BCUT2D eigenvalue weighted by molar-refractivity contribution is 6.35. The SMILES string of the molecule is C[C@@H]([NH2+]Cc1ccc(-c2cc(Cl)cc(Cl)c2)o1)C12CC3CC(CC(C3)C1)C2. The predicted molar refractivity (Wildman–Crippen MR) is 110 cm³/mol. The van der Waals surface area contributed by atoms with Crippen LogP contribution in [0.15, 0.2) is 34.7 Å². The molecule has 0 unspecified atom stereocenters. The third-order valence-corrected chi connectivity index (χ3v) is 7.97. The Hall–Kier alpha value is -0.960. The van der Waals surface area contributed by atoms with E-state index < -0.39 is 0 Å². The average Bonchev–Trinajstić information content (AvgIpc) is 3.06. The Morgan fingerprint density at radius 3 is 2.19 bits per heavy atom. The number of benzene rings is 1. The first kappa shape index (κ1) is 18.1. The van der Waals surface area contributed by atoms with Crippen LogP contribution >= 0.6 is 23.2 Å². The topological polar surface area (TPSA) is 29.8 Å². The summed E-state index contributed by atoms with van der Waals surface area (Å²) in [5.74, 6) is 4.89. The average molecular weight is 405 g/mol. The van der Waals surface area contributed by atoms with Crippen LogP contribution in [0.5, 0.6) is 0 Å². The fourth-order valence-electron chi connectivity index (χ4n) is 6.62. The Kier molecular flexibility index (Phi) is 4.57. The van der Waals surface area contributed by atoms with E-state index in [0.29, 0.717) is 21.5 Å². The number of furan rings is 1. The fraction of sp³-hybridized carbons (Fsp3) is 0.565. The first-order valence-electron chi connectivity index (χ1n) is 10.4. The van der Waals surface area contributed by atoms with E-state index in [0.717, 1.165) is 41.4 Å². The lowest BCUT2D eigenvalue weighted by Gasteiger charge is -2.57. The van der Waals surface area contributed by atoms with E-state index in [1.807, 2.05) is 18.2 Å². The summed E-state index contributed by atoms with van der Waals surface area (Å²) in [5, 5.41) is 3.79. The summed E-state index contributed by atoms with van der Waals surface area (Å²) in [4.78, 5) is 0. The number of halogens is 2. The van der Waals surface area contributed by atoms with Gasteiger partial charge in [0.2, 0.25) is 0 Å². The number of rotatable bonds is 5. The summed E-state index contributed by atoms with van der Waals surface area (Å²) in [6, 6.07) is 10.3. The second-order valence-corrected chi connectivity index (χ2v) is 10.3. The molecule has 144 valence electrons. The third kappa shape index (κ3) is 3.45. The molecule has 4 aliphatic rings. The summed E-state index contributed by atoms with van der Waals surface area (Å²) in [7, 11) is 0. The molecule has 4 bridgehead atoms. The molecule has 2 nitrogen and oxygen atoms in total. The second-order valence-electron chi connectivity index (χ2n) is 9.43. The van der Waals surface area contributed by atoms with E-state index in [4.69, 9.17) is 27.6 Å². The quantitative estimate of drug-likeness (QED) is 0.657. The van der Waals surface area contributed by atoms with Crippen molar-refractivity contribution in [1.82, 2.24) is 0 Å². The lowest BCUT2D eigenvalue weighted by Crippen LogP contribution is -2.91. The molecule has 0 aliphatic heterocycles. The molecule has 27 heavy (non-hydrogen) atoms. The van der Waals surface area contributed by atoms with Crippen molar-refractivity contribution in [3.05, 3.63) is 46.1 Å². The van der Waals surface area contributed by atoms with Crippen molar-refractivity contribution in [3.63, 3.8) is 0 Å². The fourth-order valence-corrected chi connectivity index (χ4v) is 7.14. The Morgan fingerprint density at radius 2 is 1.59 bits per heavy atom. The molecule has 4 fully saturated rings. The van der Waals surface area contributed by atoms with Gasteiger partial charge in [-0.15, -0.1) is 0 Å². The van der Waals surface area contributed by atoms with Gasteiger partial charge in [0, 0.05) is 21.0 Å². The molecule has 1 aromatic heterocycles. The summed E-state index contributed by atoms with van der Waals surface area (Å²) in [6.07, 6.45) is 8.91. The van der Waals surface area contributed by atoms with Crippen molar-refractivity contribution < 1.29 is 9.73 Å². The second kappa shape index (κ2) is 6.83. The molecule has 0 saturated heterocycles. The molecule has 1 atom stereocenters. The normalized spacial score (nSPS) is 32.8. The smallest absolute Gasteiger partial charge is 0.158 e. The molecule has 4 saturated carbocycles. The molecule has 1 aromatic carbocycles. The van der Waals surface area contributed by atoms with Gasteiger partial charge >= 0.3 is 0 Å². The minimum Gasteiger partial charge on any atom is -0.455 e. The number of hydrogen-bond acceptors (Lipinski definition) is 1. The van der Waals surface area contributed by atoms with E-state index >= 15 is 0 Å². The Bertz CT molecular complexity index is 787. The highest BCUT2D eigenvalue weighted by Crippen LogP contribution is 2.60. The van der Waals surface area contributed by atoms with Crippen molar-refractivity contribution >= 4 is 23.2 Å². The molecule has 6 rings (SSSR count). The summed E-state index contributed by atoms with van der Waals surface area (Å²) in [5.41, 5.74) is 1.51. The van der Waals surface area contributed by atoms with Gasteiger partial charge in [-0.1, -0.05) is 23.2 Å². The van der Waals surface area contributed by atoms with Gasteiger partial charge in [-0.25, -0.2) is 0 Å². The van der Waals surface area contributed by atoms with Gasteiger partial charge < -0.3 is 9.73 Å². The van der Waals surface area contributed by atoms with Gasteiger partial charge in [0.1, 0.15) is 12.3 Å². The first-order chi connectivity index (χ1) is 13.0. The summed E-state index contributed by atoms with van der Waals surface area (Å²) < 4.78 is 6.10. The maximum Gasteiger partial charge on any atom is 0.158 e. The molecular formula is C23H28Cl2NO+. The first-order valence-corrected chi connectivity index (χ1v) is 11.1. The van der Waals surface area contributed by atoms with E-state index in [2.05, 4.69) is 18.3 Å². The van der Waals surface area contributed by atoms with Gasteiger partial charge in [0.25, 0.3) is 0 Å². The minimum absolute atomic E-state index is 0.574. The van der Waals surface area contributed by atoms with Gasteiger partial charge in [0.15, 0.2) is 5.76 Å². The Balaban J connectivity index is 1.26. The van der Waals surface area contributed by atoms with Crippen LogP contribution in [0.1, 0.15) is 51.2 Å². The van der Waals surface area contributed by atoms with Crippen LogP contribution in [0.25, 0.3) is 11.3 Å². The molecule has 0 radical (unpaired) electrons. The van der Waals surface area contributed by atoms with Crippen molar-refractivity contribution in [3.8, 4) is 11.3 Å². The van der Waals surface area contributed by atoms with E-state index in [-0.39, 0.29) is 0 Å². The minimum atomic E-state index is 0.574. The maximum atomic E-state index is 6.13. The molecule has 2 N–H and O–H groups in total. The summed E-state index contributed by atoms with van der Waals surface area (Å²) in [6.45, 7) is 3.35. The molecular weight excluding hydrogens is 377 g/mol. The van der Waals surface area contributed by atoms with Gasteiger partial charge in [-0.05, 0) is 93.5 Å². The Labute approximate surface area is 171 Å². The van der Waals surface area contributed by atoms with Crippen LogP contribution in [-0.2, 0) is 6.54 Å². The van der Waals surface area contributed by atoms with Crippen LogP contribution < -0.4 is 5.32 Å². The molecule has 2 aromatic rings. The predicted octanol–water partition coefficient (Wildman–Crippen LogP) is 5.92. The van der Waals surface area contributed by atoms with Crippen LogP contribution in [0.4, 0.5) is 0 Å². The van der Waals surface area contributed by atoms with Crippen molar-refractivity contribution in [2.75, 3.05) is 0 Å². The van der Waals surface area contributed by atoms with Crippen LogP contribution in [0, 0.1) is 23.2 Å². The highest BCUT2D eigenvalue weighted by atomic mass is 35.5. The van der Waals surface area contributed by atoms with Crippen molar-refractivity contribution in [2.24, 2.45) is 23.2 Å². The number of quaternary nitrogens is 1. The van der Waals surface area contributed by atoms with Crippen LogP contribution in [-0.4, -0.2) is 6.04 Å². The van der Waals surface area contributed by atoms with Crippen molar-refractivity contribution in [2.45, 2.75) is 58.0 Å². The largest absolute Gasteiger partial charge is 0.455 e. The molecule has 0 amide bonds. The maximum absolute atomic E-state index is 6.13. The van der Waals surface area contributed by atoms with Crippen molar-refractivity contribution in [1.29, 1.82) is 0 Å². The molecule has 4 aliphatic carbocycles. The summed E-state index contributed by atoms with van der Waals surface area (Å²) >= 11 is 12.3. The van der Waals surface area contributed by atoms with Gasteiger partial charge in [-0.3, -0.25) is 0 Å². The molecule has 1 heterocycles. The van der Waals surface area contributed by atoms with E-state index in [1.54, 1.807) is 6.07 Å². The number of nitrogens with two attached hydrogens (primary N) is 1. The van der Waals surface area contributed by atoms with E-state index in [9.17, 15) is 0 Å². The van der Waals surface area contributed by atoms with Gasteiger partial charge in [-0.2, -0.15) is 0 Å². The molecule has 0 spiro atoms. The zero-order valence-corrected chi connectivity index (χ0v) is 17.4. The third-order valence-electron chi connectivity index (χ3n) is 7.53.